The number of aromatic nitrogens is 1. The lowest BCUT2D eigenvalue weighted by molar-refractivity contribution is 0.305. The summed E-state index contributed by atoms with van der Waals surface area (Å²) in [5, 5.41) is 3.38. The molecule has 2 rings (SSSR count). The van der Waals surface area contributed by atoms with Crippen LogP contribution in [0.25, 0.3) is 0 Å². The maximum absolute atomic E-state index is 5.85. The van der Waals surface area contributed by atoms with Gasteiger partial charge in [-0.05, 0) is 32.3 Å². The summed E-state index contributed by atoms with van der Waals surface area (Å²) in [7, 11) is 1.60. The van der Waals surface area contributed by atoms with Crippen molar-refractivity contribution in [2.75, 3.05) is 18.2 Å². The summed E-state index contributed by atoms with van der Waals surface area (Å²) in [5.74, 6) is 1.33. The van der Waals surface area contributed by atoms with E-state index in [2.05, 4.69) is 17.2 Å². The van der Waals surface area contributed by atoms with Crippen LogP contribution in [0.3, 0.4) is 0 Å². The number of rotatable bonds is 3. The third-order valence-corrected chi connectivity index (χ3v) is 2.99. The summed E-state index contributed by atoms with van der Waals surface area (Å²) in [6.07, 6.45) is 3.62. The van der Waals surface area contributed by atoms with Crippen LogP contribution in [-0.4, -0.2) is 17.6 Å². The second-order valence-electron chi connectivity index (χ2n) is 4.33. The van der Waals surface area contributed by atoms with Crippen LogP contribution in [0.5, 0.6) is 5.88 Å². The molecule has 1 aliphatic carbocycles. The number of nitrogens with two attached hydrogens (primary N) is 1. The predicted molar refractivity (Wildman–Crippen MR) is 61.1 cm³/mol. The lowest BCUT2D eigenvalue weighted by atomic mass is 9.78. The first-order valence-corrected chi connectivity index (χ1v) is 5.22. The van der Waals surface area contributed by atoms with Crippen molar-refractivity contribution in [2.24, 2.45) is 0 Å². The van der Waals surface area contributed by atoms with Gasteiger partial charge in [-0.3, -0.25) is 0 Å². The molecule has 4 heteroatoms. The topological polar surface area (TPSA) is 60.2 Å². The van der Waals surface area contributed by atoms with Gasteiger partial charge in [-0.1, -0.05) is 0 Å². The average molecular weight is 207 g/mol. The fourth-order valence-corrected chi connectivity index (χ4v) is 1.78. The molecule has 1 saturated carbocycles. The van der Waals surface area contributed by atoms with Gasteiger partial charge in [0.25, 0.3) is 0 Å². The molecule has 0 radical (unpaired) electrons. The molecular formula is C11H17N3O. The van der Waals surface area contributed by atoms with Crippen LogP contribution in [0.4, 0.5) is 11.5 Å². The Morgan fingerprint density at radius 2 is 2.20 bits per heavy atom. The molecule has 3 N–H and O–H groups in total. The first-order chi connectivity index (χ1) is 7.13. The van der Waals surface area contributed by atoms with Crippen molar-refractivity contribution in [3.8, 4) is 5.88 Å². The number of pyridine rings is 1. The molecule has 1 fully saturated rings. The summed E-state index contributed by atoms with van der Waals surface area (Å²) in [5.41, 5.74) is 6.68. The number of anilines is 2. The highest BCUT2D eigenvalue weighted by molar-refractivity contribution is 5.63. The van der Waals surface area contributed by atoms with E-state index >= 15 is 0 Å². The molecule has 0 atom stereocenters. The van der Waals surface area contributed by atoms with Crippen molar-refractivity contribution in [1.82, 2.24) is 4.98 Å². The van der Waals surface area contributed by atoms with E-state index in [9.17, 15) is 0 Å². The van der Waals surface area contributed by atoms with Crippen LogP contribution >= 0.6 is 0 Å². The zero-order chi connectivity index (χ0) is 10.9. The Morgan fingerprint density at radius 3 is 2.73 bits per heavy atom. The van der Waals surface area contributed by atoms with Gasteiger partial charge >= 0.3 is 0 Å². The average Bonchev–Trinajstić information content (AvgIpc) is 2.19. The molecule has 0 bridgehead atoms. The van der Waals surface area contributed by atoms with Gasteiger partial charge in [-0.25, -0.2) is 0 Å². The lowest BCUT2D eigenvalue weighted by Crippen LogP contribution is -2.42. The third kappa shape index (κ3) is 1.98. The quantitative estimate of drug-likeness (QED) is 0.796. The van der Waals surface area contributed by atoms with E-state index in [0.717, 1.165) is 5.82 Å². The number of nitrogens with zero attached hydrogens (tertiary/aromatic N) is 1. The Balaban J connectivity index is 2.19. The molecule has 0 saturated heterocycles. The fourth-order valence-electron chi connectivity index (χ4n) is 1.78. The van der Waals surface area contributed by atoms with Crippen molar-refractivity contribution >= 4 is 11.5 Å². The SMILES string of the molecule is COc1ccc(N)c(NC2(C)CCC2)n1. The van der Waals surface area contributed by atoms with Gasteiger partial charge in [0.15, 0.2) is 5.82 Å². The van der Waals surface area contributed by atoms with E-state index in [-0.39, 0.29) is 5.54 Å². The predicted octanol–water partition coefficient (Wildman–Crippen LogP) is 2.03. The van der Waals surface area contributed by atoms with Crippen molar-refractivity contribution < 1.29 is 4.74 Å². The molecule has 1 heterocycles. The highest BCUT2D eigenvalue weighted by Crippen LogP contribution is 2.35. The number of ether oxygens (including phenoxy) is 1. The van der Waals surface area contributed by atoms with E-state index in [0.29, 0.717) is 11.6 Å². The molecule has 82 valence electrons. The summed E-state index contributed by atoms with van der Waals surface area (Å²) < 4.78 is 5.07. The zero-order valence-electron chi connectivity index (χ0n) is 9.21. The minimum atomic E-state index is 0.160. The molecular weight excluding hydrogens is 190 g/mol. The van der Waals surface area contributed by atoms with E-state index in [4.69, 9.17) is 10.5 Å². The van der Waals surface area contributed by atoms with Gasteiger partial charge < -0.3 is 15.8 Å². The zero-order valence-corrected chi connectivity index (χ0v) is 9.21. The Morgan fingerprint density at radius 1 is 1.47 bits per heavy atom. The van der Waals surface area contributed by atoms with Crippen molar-refractivity contribution in [1.29, 1.82) is 0 Å². The second kappa shape index (κ2) is 3.61. The largest absolute Gasteiger partial charge is 0.481 e. The van der Waals surface area contributed by atoms with Gasteiger partial charge in [-0.15, -0.1) is 0 Å². The minimum Gasteiger partial charge on any atom is -0.481 e. The first-order valence-electron chi connectivity index (χ1n) is 5.22. The number of methoxy groups -OCH3 is 1. The van der Waals surface area contributed by atoms with Crippen molar-refractivity contribution in [3.63, 3.8) is 0 Å². The Hall–Kier alpha value is -1.45. The van der Waals surface area contributed by atoms with Crippen LogP contribution < -0.4 is 15.8 Å². The Bertz CT molecular complexity index is 361. The molecule has 15 heavy (non-hydrogen) atoms. The Kier molecular flexibility index (Phi) is 2.42. The highest BCUT2D eigenvalue weighted by Gasteiger charge is 2.32. The molecule has 0 unspecified atom stereocenters. The number of hydrogen-bond acceptors (Lipinski definition) is 4. The molecule has 1 aromatic rings. The van der Waals surface area contributed by atoms with Crippen molar-refractivity contribution in [2.45, 2.75) is 31.7 Å². The van der Waals surface area contributed by atoms with Crippen LogP contribution in [-0.2, 0) is 0 Å². The van der Waals surface area contributed by atoms with Crippen molar-refractivity contribution in [3.05, 3.63) is 12.1 Å². The first kappa shape index (κ1) is 10.1. The fraction of sp³-hybridized carbons (Fsp3) is 0.545. The number of hydrogen-bond donors (Lipinski definition) is 2. The smallest absolute Gasteiger partial charge is 0.215 e. The summed E-state index contributed by atoms with van der Waals surface area (Å²) in [4.78, 5) is 4.30. The summed E-state index contributed by atoms with van der Waals surface area (Å²) in [6, 6.07) is 3.58. The van der Waals surface area contributed by atoms with E-state index < -0.39 is 0 Å². The van der Waals surface area contributed by atoms with E-state index in [1.165, 1.54) is 19.3 Å². The normalized spacial score (nSPS) is 18.0. The molecule has 0 aromatic carbocycles. The Labute approximate surface area is 89.8 Å². The minimum absolute atomic E-state index is 0.160. The third-order valence-electron chi connectivity index (χ3n) is 2.99. The molecule has 4 nitrogen and oxygen atoms in total. The molecule has 0 spiro atoms. The maximum Gasteiger partial charge on any atom is 0.215 e. The lowest BCUT2D eigenvalue weighted by Gasteiger charge is -2.39. The maximum atomic E-state index is 5.85. The van der Waals surface area contributed by atoms with Crippen LogP contribution in [0.1, 0.15) is 26.2 Å². The number of nitrogen functional groups attached to an aromatic ring is 1. The van der Waals surface area contributed by atoms with Crippen LogP contribution in [0.2, 0.25) is 0 Å². The van der Waals surface area contributed by atoms with Gasteiger partial charge in [-0.2, -0.15) is 4.98 Å². The van der Waals surface area contributed by atoms with Gasteiger partial charge in [0, 0.05) is 11.6 Å². The number of nitrogens with one attached hydrogen (secondary N) is 1. The summed E-state index contributed by atoms with van der Waals surface area (Å²) >= 11 is 0. The van der Waals surface area contributed by atoms with Gasteiger partial charge in [0.2, 0.25) is 5.88 Å². The van der Waals surface area contributed by atoms with E-state index in [1.807, 2.05) is 6.07 Å². The monoisotopic (exact) mass is 207 g/mol. The molecule has 0 amide bonds. The van der Waals surface area contributed by atoms with Crippen LogP contribution in [0, 0.1) is 0 Å². The second-order valence-corrected chi connectivity index (χ2v) is 4.33. The van der Waals surface area contributed by atoms with E-state index in [1.54, 1.807) is 13.2 Å². The highest BCUT2D eigenvalue weighted by atomic mass is 16.5. The van der Waals surface area contributed by atoms with Crippen LogP contribution in [0.15, 0.2) is 12.1 Å². The van der Waals surface area contributed by atoms with Gasteiger partial charge in [0.1, 0.15) is 0 Å². The molecule has 1 aromatic heterocycles. The standard InChI is InChI=1S/C11H17N3O/c1-11(6-3-7-11)14-10-8(12)4-5-9(13-10)15-2/h4-5H,3,6-7,12H2,1-2H3,(H,13,14). The summed E-state index contributed by atoms with van der Waals surface area (Å²) in [6.45, 7) is 2.19. The molecule has 1 aliphatic rings. The van der Waals surface area contributed by atoms with Gasteiger partial charge in [0.05, 0.1) is 12.8 Å². The molecule has 0 aliphatic heterocycles.